The number of aromatic amines is 1. The number of halogens is 1. The van der Waals surface area contributed by atoms with Crippen LogP contribution in [-0.4, -0.2) is 21.1 Å². The van der Waals surface area contributed by atoms with Crippen molar-refractivity contribution in [3.8, 4) is 11.4 Å². The number of hydrogen-bond donors (Lipinski definition) is 1. The zero-order valence-corrected chi connectivity index (χ0v) is 12.5. The summed E-state index contributed by atoms with van der Waals surface area (Å²) in [6.07, 6.45) is 1.76. The Balaban J connectivity index is 2.01. The number of nitrogens with zero attached hydrogens (tertiary/aromatic N) is 3. The molecule has 7 heteroatoms. The molecule has 0 radical (unpaired) electrons. The number of H-pyrrole nitrogens is 1. The highest BCUT2D eigenvalue weighted by Gasteiger charge is 2.07. The molecular formula is C13H9ClN4S2. The van der Waals surface area contributed by atoms with Crippen LogP contribution < -0.4 is 0 Å². The van der Waals surface area contributed by atoms with Gasteiger partial charge < -0.3 is 0 Å². The maximum atomic E-state index is 5.89. The zero-order chi connectivity index (χ0) is 13.9. The Morgan fingerprint density at radius 3 is 2.80 bits per heavy atom. The van der Waals surface area contributed by atoms with Gasteiger partial charge in [0.1, 0.15) is 0 Å². The largest absolute Gasteiger partial charge is 0.250 e. The van der Waals surface area contributed by atoms with E-state index in [4.69, 9.17) is 23.8 Å². The number of benzene rings is 1. The van der Waals surface area contributed by atoms with Crippen LogP contribution in [0.3, 0.4) is 0 Å². The summed E-state index contributed by atoms with van der Waals surface area (Å²) in [5.41, 5.74) is 0.894. The molecule has 0 saturated heterocycles. The smallest absolute Gasteiger partial charge is 0.216 e. The van der Waals surface area contributed by atoms with Crippen LogP contribution >= 0.6 is 35.2 Å². The standard InChI is InChI=1S/C13H9ClN4S2/c14-10-5-3-9(4-6-10)12-16-17-13(19)18(12)15-8-11-2-1-7-20-11/h1-8H,(H,17,19)/b15-8+. The van der Waals surface area contributed by atoms with Gasteiger partial charge in [0.2, 0.25) is 4.77 Å². The predicted octanol–water partition coefficient (Wildman–Crippen LogP) is 4.20. The number of thiophene rings is 1. The van der Waals surface area contributed by atoms with E-state index in [9.17, 15) is 0 Å². The van der Waals surface area contributed by atoms with Crippen LogP contribution in [0.2, 0.25) is 5.02 Å². The van der Waals surface area contributed by atoms with Crippen molar-refractivity contribution in [2.24, 2.45) is 5.10 Å². The van der Waals surface area contributed by atoms with E-state index in [2.05, 4.69) is 15.3 Å². The van der Waals surface area contributed by atoms with Gasteiger partial charge in [-0.15, -0.1) is 11.3 Å². The van der Waals surface area contributed by atoms with E-state index in [1.165, 1.54) is 0 Å². The summed E-state index contributed by atoms with van der Waals surface area (Å²) in [7, 11) is 0. The van der Waals surface area contributed by atoms with E-state index in [-0.39, 0.29) is 0 Å². The summed E-state index contributed by atoms with van der Waals surface area (Å²) in [6, 6.07) is 11.3. The van der Waals surface area contributed by atoms with Gasteiger partial charge in [0.25, 0.3) is 0 Å². The minimum absolute atomic E-state index is 0.447. The number of aromatic nitrogens is 3. The van der Waals surface area contributed by atoms with Crippen LogP contribution in [0.5, 0.6) is 0 Å². The van der Waals surface area contributed by atoms with Crippen LogP contribution in [-0.2, 0) is 0 Å². The first-order valence-corrected chi connectivity index (χ1v) is 7.42. The third-order valence-corrected chi connectivity index (χ3v) is 3.92. The van der Waals surface area contributed by atoms with Crippen molar-refractivity contribution in [1.29, 1.82) is 0 Å². The Bertz CT molecular complexity index is 785. The number of nitrogens with one attached hydrogen (secondary N) is 1. The Kier molecular flexibility index (Phi) is 3.77. The molecule has 0 fully saturated rings. The van der Waals surface area contributed by atoms with Gasteiger partial charge >= 0.3 is 0 Å². The van der Waals surface area contributed by atoms with Gasteiger partial charge in [-0.2, -0.15) is 14.9 Å². The number of hydrogen-bond acceptors (Lipinski definition) is 4. The third kappa shape index (κ3) is 2.72. The van der Waals surface area contributed by atoms with E-state index in [1.807, 2.05) is 41.8 Å². The molecule has 0 saturated carbocycles. The Labute approximate surface area is 129 Å². The Hall–Kier alpha value is -1.76. The zero-order valence-electron chi connectivity index (χ0n) is 10.2. The third-order valence-electron chi connectivity index (χ3n) is 2.60. The van der Waals surface area contributed by atoms with Crippen molar-refractivity contribution in [2.45, 2.75) is 0 Å². The molecule has 100 valence electrons. The lowest BCUT2D eigenvalue weighted by atomic mass is 10.2. The fourth-order valence-corrected chi connectivity index (χ4v) is 2.55. The van der Waals surface area contributed by atoms with Crippen LogP contribution in [0.25, 0.3) is 11.4 Å². The van der Waals surface area contributed by atoms with Crippen LogP contribution in [0.4, 0.5) is 0 Å². The summed E-state index contributed by atoms with van der Waals surface area (Å²) < 4.78 is 2.04. The molecule has 0 aliphatic carbocycles. The van der Waals surface area contributed by atoms with Gasteiger partial charge in [0.05, 0.1) is 6.21 Å². The van der Waals surface area contributed by atoms with E-state index in [0.29, 0.717) is 15.6 Å². The second-order valence-electron chi connectivity index (χ2n) is 3.93. The normalized spacial score (nSPS) is 11.2. The van der Waals surface area contributed by atoms with Crippen molar-refractivity contribution in [2.75, 3.05) is 0 Å². The molecule has 1 N–H and O–H groups in total. The van der Waals surface area contributed by atoms with E-state index in [1.54, 1.807) is 22.2 Å². The van der Waals surface area contributed by atoms with Crippen molar-refractivity contribution in [3.63, 3.8) is 0 Å². The lowest BCUT2D eigenvalue weighted by Gasteiger charge is -2.00. The molecule has 20 heavy (non-hydrogen) atoms. The molecule has 3 aromatic rings. The van der Waals surface area contributed by atoms with Gasteiger partial charge in [0, 0.05) is 15.5 Å². The first kappa shape index (κ1) is 13.2. The molecule has 0 atom stereocenters. The average molecular weight is 321 g/mol. The van der Waals surface area contributed by atoms with E-state index < -0.39 is 0 Å². The molecule has 1 aromatic carbocycles. The van der Waals surface area contributed by atoms with E-state index >= 15 is 0 Å². The van der Waals surface area contributed by atoms with Gasteiger partial charge in [0.15, 0.2) is 5.82 Å². The van der Waals surface area contributed by atoms with Crippen LogP contribution in [0, 0.1) is 4.77 Å². The average Bonchev–Trinajstić information content (AvgIpc) is 3.07. The molecule has 0 amide bonds. The van der Waals surface area contributed by atoms with Crippen molar-refractivity contribution in [3.05, 3.63) is 56.4 Å². The first-order chi connectivity index (χ1) is 9.74. The quantitative estimate of drug-likeness (QED) is 0.580. The summed E-state index contributed by atoms with van der Waals surface area (Å²) in [5.74, 6) is 0.652. The van der Waals surface area contributed by atoms with Crippen LogP contribution in [0.15, 0.2) is 46.9 Å². The van der Waals surface area contributed by atoms with Gasteiger partial charge in [-0.05, 0) is 47.9 Å². The minimum atomic E-state index is 0.447. The molecule has 0 unspecified atom stereocenters. The van der Waals surface area contributed by atoms with Crippen LogP contribution in [0.1, 0.15) is 4.88 Å². The molecule has 2 heterocycles. The fraction of sp³-hybridized carbons (Fsp3) is 0. The van der Waals surface area contributed by atoms with Gasteiger partial charge in [-0.1, -0.05) is 17.7 Å². The Morgan fingerprint density at radius 1 is 1.30 bits per heavy atom. The monoisotopic (exact) mass is 320 g/mol. The fourth-order valence-electron chi connectivity index (χ4n) is 1.66. The highest BCUT2D eigenvalue weighted by molar-refractivity contribution is 7.71. The van der Waals surface area contributed by atoms with Crippen molar-refractivity contribution < 1.29 is 0 Å². The lowest BCUT2D eigenvalue weighted by molar-refractivity contribution is 0.872. The highest BCUT2D eigenvalue weighted by Crippen LogP contribution is 2.20. The molecular weight excluding hydrogens is 312 g/mol. The highest BCUT2D eigenvalue weighted by atomic mass is 35.5. The lowest BCUT2D eigenvalue weighted by Crippen LogP contribution is -1.94. The summed E-state index contributed by atoms with van der Waals surface area (Å²) in [6.45, 7) is 0. The molecule has 4 nitrogen and oxygen atoms in total. The summed E-state index contributed by atoms with van der Waals surface area (Å²) >= 11 is 12.7. The summed E-state index contributed by atoms with van der Waals surface area (Å²) in [5, 5.41) is 14.0. The first-order valence-electron chi connectivity index (χ1n) is 5.75. The molecule has 2 aromatic heterocycles. The molecule has 0 spiro atoms. The molecule has 0 aliphatic heterocycles. The maximum absolute atomic E-state index is 5.89. The van der Waals surface area contributed by atoms with E-state index in [0.717, 1.165) is 10.4 Å². The topological polar surface area (TPSA) is 46.0 Å². The molecule has 0 aliphatic rings. The predicted molar refractivity (Wildman–Crippen MR) is 85.2 cm³/mol. The number of rotatable bonds is 3. The van der Waals surface area contributed by atoms with Crippen molar-refractivity contribution >= 4 is 41.4 Å². The van der Waals surface area contributed by atoms with Crippen molar-refractivity contribution in [1.82, 2.24) is 14.9 Å². The second kappa shape index (κ2) is 5.70. The summed E-state index contributed by atoms with van der Waals surface area (Å²) in [4.78, 5) is 1.05. The van der Waals surface area contributed by atoms with Gasteiger partial charge in [-0.3, -0.25) is 0 Å². The maximum Gasteiger partial charge on any atom is 0.216 e. The molecule has 0 bridgehead atoms. The molecule has 3 rings (SSSR count). The Morgan fingerprint density at radius 2 is 2.10 bits per heavy atom. The SMILES string of the molecule is S=c1[nH]nc(-c2ccc(Cl)cc2)n1/N=C/c1cccs1. The van der Waals surface area contributed by atoms with Gasteiger partial charge in [-0.25, -0.2) is 5.10 Å². The minimum Gasteiger partial charge on any atom is -0.250 e. The second-order valence-corrected chi connectivity index (χ2v) is 5.73.